The van der Waals surface area contributed by atoms with Crippen LogP contribution in [0.5, 0.6) is 0 Å². The molecule has 0 saturated carbocycles. The molecule has 1 aliphatic heterocycles. The standard InChI is InChI=1S/C10H18N4O2S/c1-3-13-4-5-14(8-9(13)2)17(15,16)10-6-11-12-7-10/h6-7,9H,3-5,8H2,1-2H3,(H,11,12). The maximum absolute atomic E-state index is 12.2. The van der Waals surface area contributed by atoms with Gasteiger partial charge in [-0.15, -0.1) is 0 Å². The number of aromatic nitrogens is 2. The zero-order chi connectivity index (χ0) is 12.5. The highest BCUT2D eigenvalue weighted by Gasteiger charge is 2.31. The summed E-state index contributed by atoms with van der Waals surface area (Å²) in [7, 11) is -3.37. The number of nitrogens with zero attached hydrogens (tertiary/aromatic N) is 3. The molecular formula is C10H18N4O2S. The minimum atomic E-state index is -3.37. The second kappa shape index (κ2) is 4.75. The summed E-state index contributed by atoms with van der Waals surface area (Å²) < 4.78 is 26.0. The first-order chi connectivity index (χ1) is 8.05. The summed E-state index contributed by atoms with van der Waals surface area (Å²) in [6.45, 7) is 6.99. The normalized spacial score (nSPS) is 24.0. The first-order valence-corrected chi connectivity index (χ1v) is 7.22. The van der Waals surface area contributed by atoms with Gasteiger partial charge in [-0.2, -0.15) is 9.40 Å². The summed E-state index contributed by atoms with van der Waals surface area (Å²) in [4.78, 5) is 2.52. The van der Waals surface area contributed by atoms with Gasteiger partial charge in [0.15, 0.2) is 0 Å². The molecular weight excluding hydrogens is 240 g/mol. The van der Waals surface area contributed by atoms with Crippen LogP contribution < -0.4 is 0 Å². The molecule has 0 bridgehead atoms. The molecule has 0 radical (unpaired) electrons. The van der Waals surface area contributed by atoms with E-state index in [4.69, 9.17) is 0 Å². The molecule has 6 nitrogen and oxygen atoms in total. The Morgan fingerprint density at radius 2 is 2.29 bits per heavy atom. The number of piperazine rings is 1. The van der Waals surface area contributed by atoms with Crippen LogP contribution in [0.2, 0.25) is 0 Å². The molecule has 96 valence electrons. The van der Waals surface area contributed by atoms with Crippen molar-refractivity contribution in [3.8, 4) is 0 Å². The first-order valence-electron chi connectivity index (χ1n) is 5.78. The SMILES string of the molecule is CCN1CCN(S(=O)(=O)c2cn[nH]c2)CC1C. The lowest BCUT2D eigenvalue weighted by molar-refractivity contribution is 0.135. The van der Waals surface area contributed by atoms with Gasteiger partial charge >= 0.3 is 0 Å². The van der Waals surface area contributed by atoms with E-state index in [0.29, 0.717) is 13.1 Å². The Bertz CT molecular complexity index is 457. The Kier molecular flexibility index (Phi) is 3.50. The predicted octanol–water partition coefficient (Wildman–Crippen LogP) is 0.124. The number of hydrogen-bond donors (Lipinski definition) is 1. The van der Waals surface area contributed by atoms with Crippen molar-refractivity contribution < 1.29 is 8.42 Å². The Morgan fingerprint density at radius 3 is 2.82 bits per heavy atom. The quantitative estimate of drug-likeness (QED) is 0.836. The minimum Gasteiger partial charge on any atom is -0.298 e. The third-order valence-corrected chi connectivity index (χ3v) is 5.08. The van der Waals surface area contributed by atoms with E-state index in [1.807, 2.05) is 0 Å². The van der Waals surface area contributed by atoms with E-state index < -0.39 is 10.0 Å². The monoisotopic (exact) mass is 258 g/mol. The number of likely N-dealkylation sites (N-methyl/N-ethyl adjacent to an activating group) is 1. The molecule has 1 N–H and O–H groups in total. The van der Waals surface area contributed by atoms with E-state index in [1.54, 1.807) is 0 Å². The van der Waals surface area contributed by atoms with Crippen LogP contribution in [0, 0.1) is 0 Å². The maximum atomic E-state index is 12.2. The van der Waals surface area contributed by atoms with Gasteiger partial charge < -0.3 is 0 Å². The summed E-state index contributed by atoms with van der Waals surface area (Å²) in [5.41, 5.74) is 0. The molecule has 0 aromatic carbocycles. The van der Waals surface area contributed by atoms with Crippen molar-refractivity contribution in [1.82, 2.24) is 19.4 Å². The lowest BCUT2D eigenvalue weighted by Gasteiger charge is -2.38. The van der Waals surface area contributed by atoms with Crippen molar-refractivity contribution in [3.63, 3.8) is 0 Å². The molecule has 1 aromatic heterocycles. The molecule has 1 fully saturated rings. The zero-order valence-electron chi connectivity index (χ0n) is 10.1. The fraction of sp³-hybridized carbons (Fsp3) is 0.700. The van der Waals surface area contributed by atoms with E-state index in [1.165, 1.54) is 16.7 Å². The van der Waals surface area contributed by atoms with E-state index >= 15 is 0 Å². The highest BCUT2D eigenvalue weighted by Crippen LogP contribution is 2.18. The number of H-pyrrole nitrogens is 1. The molecule has 2 heterocycles. The van der Waals surface area contributed by atoms with Crippen LogP contribution in [0.15, 0.2) is 17.3 Å². The maximum Gasteiger partial charge on any atom is 0.246 e. The summed E-state index contributed by atoms with van der Waals surface area (Å²) in [5, 5.41) is 6.23. The third-order valence-electron chi connectivity index (χ3n) is 3.24. The van der Waals surface area contributed by atoms with Gasteiger partial charge in [0, 0.05) is 31.9 Å². The molecule has 7 heteroatoms. The van der Waals surface area contributed by atoms with Crippen LogP contribution in [0.3, 0.4) is 0 Å². The summed E-state index contributed by atoms with van der Waals surface area (Å²) in [6.07, 6.45) is 2.78. The Balaban J connectivity index is 2.15. The molecule has 2 rings (SSSR count). The summed E-state index contributed by atoms with van der Waals surface area (Å²) in [5.74, 6) is 0. The molecule has 0 aliphatic carbocycles. The largest absolute Gasteiger partial charge is 0.298 e. The lowest BCUT2D eigenvalue weighted by atomic mass is 10.2. The lowest BCUT2D eigenvalue weighted by Crippen LogP contribution is -2.53. The molecule has 1 unspecified atom stereocenters. The zero-order valence-corrected chi connectivity index (χ0v) is 10.9. The van der Waals surface area contributed by atoms with E-state index in [2.05, 4.69) is 28.9 Å². The average molecular weight is 258 g/mol. The van der Waals surface area contributed by atoms with E-state index in [-0.39, 0.29) is 10.9 Å². The number of hydrogen-bond acceptors (Lipinski definition) is 4. The van der Waals surface area contributed by atoms with Gasteiger partial charge in [0.1, 0.15) is 4.90 Å². The average Bonchev–Trinajstić information content (AvgIpc) is 2.83. The van der Waals surface area contributed by atoms with E-state index in [0.717, 1.165) is 13.1 Å². The fourth-order valence-electron chi connectivity index (χ4n) is 2.18. The number of rotatable bonds is 3. The Morgan fingerprint density at radius 1 is 1.53 bits per heavy atom. The van der Waals surface area contributed by atoms with Crippen molar-refractivity contribution >= 4 is 10.0 Å². The van der Waals surface area contributed by atoms with Gasteiger partial charge in [0.05, 0.1) is 6.20 Å². The highest BCUT2D eigenvalue weighted by atomic mass is 32.2. The number of aromatic amines is 1. The van der Waals surface area contributed by atoms with Crippen LogP contribution in [-0.2, 0) is 10.0 Å². The van der Waals surface area contributed by atoms with Gasteiger partial charge in [-0.05, 0) is 13.5 Å². The number of nitrogens with one attached hydrogen (secondary N) is 1. The molecule has 0 spiro atoms. The van der Waals surface area contributed by atoms with Crippen molar-refractivity contribution in [2.24, 2.45) is 0 Å². The first kappa shape index (κ1) is 12.5. The molecule has 1 aliphatic rings. The van der Waals surface area contributed by atoms with Crippen LogP contribution in [0.1, 0.15) is 13.8 Å². The molecule has 1 atom stereocenters. The van der Waals surface area contributed by atoms with Gasteiger partial charge in [-0.1, -0.05) is 6.92 Å². The summed E-state index contributed by atoms with van der Waals surface area (Å²) >= 11 is 0. The molecule has 1 saturated heterocycles. The van der Waals surface area contributed by atoms with Crippen molar-refractivity contribution in [3.05, 3.63) is 12.4 Å². The van der Waals surface area contributed by atoms with Crippen molar-refractivity contribution in [2.45, 2.75) is 24.8 Å². The van der Waals surface area contributed by atoms with Crippen LogP contribution >= 0.6 is 0 Å². The molecule has 17 heavy (non-hydrogen) atoms. The van der Waals surface area contributed by atoms with Gasteiger partial charge in [0.25, 0.3) is 0 Å². The van der Waals surface area contributed by atoms with Crippen LogP contribution in [0.25, 0.3) is 0 Å². The second-order valence-corrected chi connectivity index (χ2v) is 6.21. The highest BCUT2D eigenvalue weighted by molar-refractivity contribution is 7.89. The van der Waals surface area contributed by atoms with Gasteiger partial charge in [-0.25, -0.2) is 8.42 Å². The minimum absolute atomic E-state index is 0.245. The molecule has 1 aromatic rings. The Hall–Kier alpha value is -0.920. The number of sulfonamides is 1. The fourth-order valence-corrected chi connectivity index (χ4v) is 3.60. The van der Waals surface area contributed by atoms with Crippen molar-refractivity contribution in [1.29, 1.82) is 0 Å². The van der Waals surface area contributed by atoms with Crippen molar-refractivity contribution in [2.75, 3.05) is 26.2 Å². The van der Waals surface area contributed by atoms with Gasteiger partial charge in [0.2, 0.25) is 10.0 Å². The topological polar surface area (TPSA) is 69.3 Å². The smallest absolute Gasteiger partial charge is 0.246 e. The molecule has 0 amide bonds. The Labute approximate surface area is 102 Å². The third kappa shape index (κ3) is 2.36. The second-order valence-electron chi connectivity index (χ2n) is 4.27. The van der Waals surface area contributed by atoms with Crippen LogP contribution in [0.4, 0.5) is 0 Å². The summed E-state index contributed by atoms with van der Waals surface area (Å²) in [6, 6.07) is 0.260. The van der Waals surface area contributed by atoms with Crippen LogP contribution in [-0.4, -0.2) is 60.0 Å². The van der Waals surface area contributed by atoms with E-state index in [9.17, 15) is 8.42 Å². The van der Waals surface area contributed by atoms with Gasteiger partial charge in [-0.3, -0.25) is 10.00 Å². The predicted molar refractivity (Wildman–Crippen MR) is 64.1 cm³/mol.